The van der Waals surface area contributed by atoms with Crippen molar-refractivity contribution < 1.29 is 4.74 Å². The van der Waals surface area contributed by atoms with Crippen LogP contribution in [0.1, 0.15) is 27.2 Å². The van der Waals surface area contributed by atoms with Gasteiger partial charge in [0.25, 0.3) is 0 Å². The maximum absolute atomic E-state index is 5.94. The Morgan fingerprint density at radius 2 is 2.33 bits per heavy atom. The smallest absolute Gasteiger partial charge is 0.149 e. The van der Waals surface area contributed by atoms with Crippen molar-refractivity contribution in [2.75, 3.05) is 17.7 Å². The molecule has 0 amide bonds. The van der Waals surface area contributed by atoms with E-state index in [2.05, 4.69) is 40.1 Å². The summed E-state index contributed by atoms with van der Waals surface area (Å²) in [6.45, 7) is 7.22. The lowest BCUT2D eigenvalue weighted by Gasteiger charge is -2.51. The number of pyridine rings is 1. The van der Waals surface area contributed by atoms with Gasteiger partial charge in [-0.3, -0.25) is 0 Å². The molecule has 0 bridgehead atoms. The van der Waals surface area contributed by atoms with Crippen LogP contribution in [0.3, 0.4) is 0 Å². The number of anilines is 2. The van der Waals surface area contributed by atoms with Crippen molar-refractivity contribution in [3.8, 4) is 0 Å². The van der Waals surface area contributed by atoms with E-state index in [-0.39, 0.29) is 5.41 Å². The quantitative estimate of drug-likeness (QED) is 0.897. The highest BCUT2D eigenvalue weighted by atomic mass is 79.9. The maximum atomic E-state index is 5.94. The molecule has 2 unspecified atom stereocenters. The third kappa shape index (κ3) is 2.47. The molecular formula is C13H20BrN3O. The Labute approximate surface area is 116 Å². The zero-order valence-corrected chi connectivity index (χ0v) is 12.6. The van der Waals surface area contributed by atoms with Crippen molar-refractivity contribution in [2.45, 2.75) is 39.3 Å². The molecule has 2 rings (SSSR count). The zero-order chi connectivity index (χ0) is 13.3. The molecule has 1 saturated carbocycles. The van der Waals surface area contributed by atoms with E-state index in [0.29, 0.717) is 17.8 Å². The molecule has 0 aliphatic heterocycles. The van der Waals surface area contributed by atoms with Crippen LogP contribution in [0.5, 0.6) is 0 Å². The lowest BCUT2D eigenvalue weighted by Crippen LogP contribution is -2.58. The predicted octanol–water partition coefficient (Wildman–Crippen LogP) is 3.04. The van der Waals surface area contributed by atoms with Gasteiger partial charge in [0.05, 0.1) is 11.8 Å². The molecule has 100 valence electrons. The van der Waals surface area contributed by atoms with Crippen molar-refractivity contribution in [1.29, 1.82) is 0 Å². The average molecular weight is 314 g/mol. The molecule has 2 atom stereocenters. The van der Waals surface area contributed by atoms with Gasteiger partial charge in [0.15, 0.2) is 0 Å². The average Bonchev–Trinajstić information content (AvgIpc) is 2.30. The SMILES string of the molecule is CCOC1CC(Nc2ncc(Br)cc2N)C1(C)C. The summed E-state index contributed by atoms with van der Waals surface area (Å²) in [5.41, 5.74) is 6.72. The Kier molecular flexibility index (Phi) is 3.82. The van der Waals surface area contributed by atoms with Crippen LogP contribution >= 0.6 is 15.9 Å². The van der Waals surface area contributed by atoms with Gasteiger partial charge in [-0.25, -0.2) is 4.98 Å². The summed E-state index contributed by atoms with van der Waals surface area (Å²) in [7, 11) is 0. The fraction of sp³-hybridized carbons (Fsp3) is 0.615. The number of rotatable bonds is 4. The third-order valence-electron chi connectivity index (χ3n) is 3.74. The lowest BCUT2D eigenvalue weighted by atomic mass is 9.64. The highest BCUT2D eigenvalue weighted by molar-refractivity contribution is 9.10. The molecule has 0 saturated heterocycles. The van der Waals surface area contributed by atoms with Gasteiger partial charge in [0.2, 0.25) is 0 Å². The van der Waals surface area contributed by atoms with Gasteiger partial charge in [-0.1, -0.05) is 13.8 Å². The second kappa shape index (κ2) is 5.05. The first-order valence-electron chi connectivity index (χ1n) is 6.24. The second-order valence-electron chi connectivity index (χ2n) is 5.29. The number of nitrogen functional groups attached to an aromatic ring is 1. The van der Waals surface area contributed by atoms with Crippen LogP contribution in [0.15, 0.2) is 16.7 Å². The number of hydrogen-bond acceptors (Lipinski definition) is 4. The van der Waals surface area contributed by atoms with Crippen LogP contribution in [0.4, 0.5) is 11.5 Å². The van der Waals surface area contributed by atoms with Crippen LogP contribution in [-0.4, -0.2) is 23.7 Å². The van der Waals surface area contributed by atoms with Gasteiger partial charge in [-0.2, -0.15) is 0 Å². The van der Waals surface area contributed by atoms with Crippen LogP contribution in [0, 0.1) is 5.41 Å². The van der Waals surface area contributed by atoms with Gasteiger partial charge >= 0.3 is 0 Å². The zero-order valence-electron chi connectivity index (χ0n) is 11.0. The van der Waals surface area contributed by atoms with Crippen molar-refractivity contribution >= 4 is 27.4 Å². The topological polar surface area (TPSA) is 60.2 Å². The fourth-order valence-electron chi connectivity index (χ4n) is 2.35. The van der Waals surface area contributed by atoms with Crippen LogP contribution < -0.4 is 11.1 Å². The molecule has 0 spiro atoms. The van der Waals surface area contributed by atoms with Gasteiger partial charge in [0.1, 0.15) is 5.82 Å². The maximum Gasteiger partial charge on any atom is 0.149 e. The molecule has 3 N–H and O–H groups in total. The normalized spacial score (nSPS) is 25.6. The van der Waals surface area contributed by atoms with Crippen LogP contribution in [0.2, 0.25) is 0 Å². The second-order valence-corrected chi connectivity index (χ2v) is 6.21. The number of halogens is 1. The number of hydrogen-bond donors (Lipinski definition) is 2. The van der Waals surface area contributed by atoms with Crippen molar-refractivity contribution in [1.82, 2.24) is 4.98 Å². The Bertz CT molecular complexity index is 436. The van der Waals surface area contributed by atoms with Gasteiger partial charge in [-0.05, 0) is 35.3 Å². The summed E-state index contributed by atoms with van der Waals surface area (Å²) in [6, 6.07) is 2.21. The Hall–Kier alpha value is -0.810. The van der Waals surface area contributed by atoms with E-state index in [9.17, 15) is 0 Å². The standard InChI is InChI=1S/C13H20BrN3O/c1-4-18-11-6-10(13(11,2)3)17-12-9(15)5-8(14)7-16-12/h5,7,10-11H,4,6,15H2,1-3H3,(H,16,17). The third-order valence-corrected chi connectivity index (χ3v) is 4.17. The minimum absolute atomic E-state index is 0.108. The van der Waals surface area contributed by atoms with Gasteiger partial charge < -0.3 is 15.8 Å². The van der Waals surface area contributed by atoms with Gasteiger partial charge in [-0.15, -0.1) is 0 Å². The van der Waals surface area contributed by atoms with E-state index in [1.54, 1.807) is 6.20 Å². The molecule has 4 nitrogen and oxygen atoms in total. The number of aromatic nitrogens is 1. The van der Waals surface area contributed by atoms with Crippen molar-refractivity contribution in [2.24, 2.45) is 5.41 Å². The predicted molar refractivity (Wildman–Crippen MR) is 77.6 cm³/mol. The molecule has 1 aromatic heterocycles. The first-order valence-corrected chi connectivity index (χ1v) is 7.03. The van der Waals surface area contributed by atoms with E-state index in [0.717, 1.165) is 23.3 Å². The minimum atomic E-state index is 0.108. The molecule has 1 fully saturated rings. The lowest BCUT2D eigenvalue weighted by molar-refractivity contribution is -0.0976. The summed E-state index contributed by atoms with van der Waals surface area (Å²) >= 11 is 3.36. The first-order chi connectivity index (χ1) is 8.45. The van der Waals surface area contributed by atoms with E-state index in [4.69, 9.17) is 10.5 Å². The van der Waals surface area contributed by atoms with Crippen molar-refractivity contribution in [3.05, 3.63) is 16.7 Å². The number of ether oxygens (including phenoxy) is 1. The Balaban J connectivity index is 2.03. The molecule has 1 heterocycles. The summed E-state index contributed by atoms with van der Waals surface area (Å²) < 4.78 is 6.61. The summed E-state index contributed by atoms with van der Waals surface area (Å²) in [5.74, 6) is 0.756. The van der Waals surface area contributed by atoms with Gasteiger partial charge in [0, 0.05) is 28.7 Å². The summed E-state index contributed by atoms with van der Waals surface area (Å²) in [6.07, 6.45) is 3.07. The molecule has 1 aromatic rings. The molecule has 5 heteroatoms. The van der Waals surface area contributed by atoms with Crippen LogP contribution in [0.25, 0.3) is 0 Å². The summed E-state index contributed by atoms with van der Waals surface area (Å²) in [4.78, 5) is 4.31. The molecule has 1 aliphatic carbocycles. The van der Waals surface area contributed by atoms with Crippen LogP contribution in [-0.2, 0) is 4.74 Å². The largest absolute Gasteiger partial charge is 0.396 e. The minimum Gasteiger partial charge on any atom is -0.396 e. The Morgan fingerprint density at radius 3 is 2.89 bits per heavy atom. The first kappa shape index (κ1) is 13.6. The number of nitrogens with one attached hydrogen (secondary N) is 1. The molecule has 0 radical (unpaired) electrons. The summed E-state index contributed by atoms with van der Waals surface area (Å²) in [5, 5.41) is 3.42. The highest BCUT2D eigenvalue weighted by Gasteiger charge is 2.49. The van der Waals surface area contributed by atoms with Crippen molar-refractivity contribution in [3.63, 3.8) is 0 Å². The molecule has 18 heavy (non-hydrogen) atoms. The molecule has 0 aromatic carbocycles. The van der Waals surface area contributed by atoms with E-state index in [1.165, 1.54) is 0 Å². The molecule has 1 aliphatic rings. The Morgan fingerprint density at radius 1 is 1.61 bits per heavy atom. The highest BCUT2D eigenvalue weighted by Crippen LogP contribution is 2.44. The number of nitrogens with zero attached hydrogens (tertiary/aromatic N) is 1. The van der Waals surface area contributed by atoms with E-state index >= 15 is 0 Å². The van der Waals surface area contributed by atoms with E-state index in [1.807, 2.05) is 13.0 Å². The fourth-order valence-corrected chi connectivity index (χ4v) is 2.70. The van der Waals surface area contributed by atoms with E-state index < -0.39 is 0 Å². The number of nitrogens with two attached hydrogens (primary N) is 1. The molecular weight excluding hydrogens is 294 g/mol. The monoisotopic (exact) mass is 313 g/mol.